The van der Waals surface area contributed by atoms with E-state index in [4.69, 9.17) is 4.74 Å². The molecule has 1 N–H and O–H groups in total. The van der Waals surface area contributed by atoms with Gasteiger partial charge in [-0.1, -0.05) is 45.0 Å². The largest absolute Gasteiger partial charge is 0.478 e. The van der Waals surface area contributed by atoms with E-state index in [9.17, 15) is 9.18 Å². The van der Waals surface area contributed by atoms with Gasteiger partial charge in [-0.2, -0.15) is 0 Å². The summed E-state index contributed by atoms with van der Waals surface area (Å²) in [5, 5.41) is 2.81. The first-order valence-electron chi connectivity index (χ1n) is 7.83. The monoisotopic (exact) mass is 315 g/mol. The van der Waals surface area contributed by atoms with E-state index in [0.717, 1.165) is 0 Å². The van der Waals surface area contributed by atoms with Crippen LogP contribution in [0.25, 0.3) is 0 Å². The number of nitrogens with one attached hydrogen (secondary N) is 1. The molecule has 2 aromatic rings. The molecule has 1 amide bonds. The van der Waals surface area contributed by atoms with Gasteiger partial charge in [0.2, 0.25) is 0 Å². The van der Waals surface area contributed by atoms with Gasteiger partial charge in [-0.25, -0.2) is 4.39 Å². The van der Waals surface area contributed by atoms with Crippen LogP contribution < -0.4 is 10.1 Å². The van der Waals surface area contributed by atoms with Crippen molar-refractivity contribution in [3.05, 3.63) is 59.9 Å². The van der Waals surface area contributed by atoms with Crippen molar-refractivity contribution in [1.29, 1.82) is 0 Å². The third-order valence-corrected chi connectivity index (χ3v) is 3.61. The predicted molar refractivity (Wildman–Crippen MR) is 90.3 cm³/mol. The molecule has 0 bridgehead atoms. The van der Waals surface area contributed by atoms with Crippen LogP contribution in [0, 0.1) is 5.82 Å². The van der Waals surface area contributed by atoms with Gasteiger partial charge in [-0.05, 0) is 42.2 Å². The van der Waals surface area contributed by atoms with Crippen molar-refractivity contribution in [1.82, 2.24) is 0 Å². The maximum atomic E-state index is 13.6. The lowest BCUT2D eigenvalue weighted by Gasteiger charge is -2.18. The second-order valence-electron chi connectivity index (χ2n) is 5.71. The highest BCUT2D eigenvalue weighted by Gasteiger charge is 2.20. The molecule has 0 aliphatic carbocycles. The van der Waals surface area contributed by atoms with Crippen molar-refractivity contribution in [3.8, 4) is 5.75 Å². The number of ether oxygens (including phenoxy) is 1. The zero-order valence-corrected chi connectivity index (χ0v) is 13.7. The Kier molecular flexibility index (Phi) is 5.74. The van der Waals surface area contributed by atoms with E-state index in [-0.39, 0.29) is 11.7 Å². The van der Waals surface area contributed by atoms with Gasteiger partial charge in [-0.3, -0.25) is 4.79 Å². The third kappa shape index (κ3) is 4.55. The Balaban J connectivity index is 2.04. The lowest BCUT2D eigenvalue weighted by atomic mass is 10.0. The van der Waals surface area contributed by atoms with Crippen molar-refractivity contribution in [2.45, 2.75) is 39.2 Å². The zero-order valence-electron chi connectivity index (χ0n) is 13.7. The molecule has 3 nitrogen and oxygen atoms in total. The number of hydrogen-bond donors (Lipinski definition) is 1. The summed E-state index contributed by atoms with van der Waals surface area (Å²) in [5.74, 6) is -0.231. The Bertz CT molecular complexity index is 653. The summed E-state index contributed by atoms with van der Waals surface area (Å²) in [6.07, 6.45) is -0.291. The molecule has 4 heteroatoms. The Morgan fingerprint density at radius 1 is 1.13 bits per heavy atom. The number of halogens is 1. The molecule has 0 spiro atoms. The Morgan fingerprint density at radius 2 is 1.78 bits per heavy atom. The summed E-state index contributed by atoms with van der Waals surface area (Å²) in [4.78, 5) is 12.3. The average molecular weight is 315 g/mol. The second kappa shape index (κ2) is 7.77. The van der Waals surface area contributed by atoms with Crippen LogP contribution in [0.1, 0.15) is 38.7 Å². The summed E-state index contributed by atoms with van der Waals surface area (Å²) < 4.78 is 19.1. The number of carbonyl (C=O) groups excluding carboxylic acids is 1. The van der Waals surface area contributed by atoms with E-state index in [1.54, 1.807) is 12.1 Å². The van der Waals surface area contributed by atoms with E-state index in [1.165, 1.54) is 17.7 Å². The fourth-order valence-corrected chi connectivity index (χ4v) is 2.19. The molecule has 0 radical (unpaired) electrons. The fourth-order valence-electron chi connectivity index (χ4n) is 2.19. The highest BCUT2D eigenvalue weighted by atomic mass is 19.1. The van der Waals surface area contributed by atoms with Gasteiger partial charge in [0.15, 0.2) is 17.7 Å². The Morgan fingerprint density at radius 3 is 2.35 bits per heavy atom. The summed E-state index contributed by atoms with van der Waals surface area (Å²) >= 11 is 0. The highest BCUT2D eigenvalue weighted by Crippen LogP contribution is 2.20. The van der Waals surface area contributed by atoms with E-state index >= 15 is 0 Å². The molecule has 0 fully saturated rings. The molecular formula is C19H22FNO2. The summed E-state index contributed by atoms with van der Waals surface area (Å²) in [7, 11) is 0. The maximum Gasteiger partial charge on any atom is 0.265 e. The molecular weight excluding hydrogens is 293 g/mol. The van der Waals surface area contributed by atoms with Gasteiger partial charge in [0.05, 0.1) is 0 Å². The van der Waals surface area contributed by atoms with Crippen LogP contribution in [0.2, 0.25) is 0 Å². The summed E-state index contributed by atoms with van der Waals surface area (Å²) in [5.41, 5.74) is 1.91. The predicted octanol–water partition coefficient (Wildman–Crippen LogP) is 4.75. The van der Waals surface area contributed by atoms with Crippen LogP contribution in [0.15, 0.2) is 48.5 Å². The number of benzene rings is 2. The molecule has 0 saturated heterocycles. The van der Waals surface area contributed by atoms with Crippen LogP contribution in [0.3, 0.4) is 0 Å². The van der Waals surface area contributed by atoms with Gasteiger partial charge in [-0.15, -0.1) is 0 Å². The molecule has 1 atom stereocenters. The smallest absolute Gasteiger partial charge is 0.265 e. The van der Waals surface area contributed by atoms with Crippen LogP contribution in [-0.4, -0.2) is 12.0 Å². The molecule has 23 heavy (non-hydrogen) atoms. The number of rotatable bonds is 6. The van der Waals surface area contributed by atoms with Crippen LogP contribution in [0.5, 0.6) is 5.75 Å². The van der Waals surface area contributed by atoms with Crippen molar-refractivity contribution >= 4 is 11.6 Å². The van der Waals surface area contributed by atoms with Crippen LogP contribution >= 0.6 is 0 Å². The Labute approximate surface area is 136 Å². The minimum absolute atomic E-state index is 0.0876. The van der Waals surface area contributed by atoms with E-state index in [1.807, 2.05) is 31.2 Å². The van der Waals surface area contributed by atoms with Gasteiger partial charge in [0.25, 0.3) is 5.91 Å². The quantitative estimate of drug-likeness (QED) is 0.835. The van der Waals surface area contributed by atoms with E-state index in [2.05, 4.69) is 19.2 Å². The molecule has 0 aromatic heterocycles. The zero-order chi connectivity index (χ0) is 16.8. The SMILES string of the molecule is CC[C@@H](Oc1ccccc1F)C(=O)Nc1ccc(C(C)C)cc1. The molecule has 0 heterocycles. The van der Waals surface area contributed by atoms with Crippen molar-refractivity contribution in [2.75, 3.05) is 5.32 Å². The molecule has 0 unspecified atom stereocenters. The first-order valence-corrected chi connectivity index (χ1v) is 7.83. The molecule has 0 saturated carbocycles. The number of anilines is 1. The third-order valence-electron chi connectivity index (χ3n) is 3.61. The Hall–Kier alpha value is -2.36. The lowest BCUT2D eigenvalue weighted by Crippen LogP contribution is -2.32. The normalized spacial score (nSPS) is 12.0. The summed E-state index contributed by atoms with van der Waals surface area (Å²) in [6.45, 7) is 6.05. The number of carbonyl (C=O) groups is 1. The molecule has 122 valence electrons. The summed E-state index contributed by atoms with van der Waals surface area (Å²) in [6, 6.07) is 13.8. The fraction of sp³-hybridized carbons (Fsp3) is 0.316. The number of para-hydroxylation sites is 1. The second-order valence-corrected chi connectivity index (χ2v) is 5.71. The van der Waals surface area contributed by atoms with Crippen molar-refractivity contribution in [3.63, 3.8) is 0 Å². The average Bonchev–Trinajstić information content (AvgIpc) is 2.54. The minimum Gasteiger partial charge on any atom is -0.478 e. The van der Waals surface area contributed by atoms with E-state index < -0.39 is 11.9 Å². The lowest BCUT2D eigenvalue weighted by molar-refractivity contribution is -0.122. The first kappa shape index (κ1) is 17.0. The van der Waals surface area contributed by atoms with Gasteiger partial charge in [0.1, 0.15) is 0 Å². The standard InChI is InChI=1S/C19H22FNO2/c1-4-17(23-18-8-6-5-7-16(18)20)19(22)21-15-11-9-14(10-12-15)13(2)3/h5-13,17H,4H2,1-3H3,(H,21,22)/t17-/m1/s1. The maximum absolute atomic E-state index is 13.6. The minimum atomic E-state index is -0.739. The van der Waals surface area contributed by atoms with Crippen molar-refractivity contribution < 1.29 is 13.9 Å². The van der Waals surface area contributed by atoms with E-state index in [0.29, 0.717) is 18.0 Å². The van der Waals surface area contributed by atoms with Crippen LogP contribution in [0.4, 0.5) is 10.1 Å². The van der Waals surface area contributed by atoms with Gasteiger partial charge >= 0.3 is 0 Å². The van der Waals surface area contributed by atoms with Crippen LogP contribution in [-0.2, 0) is 4.79 Å². The molecule has 0 aliphatic heterocycles. The van der Waals surface area contributed by atoms with Gasteiger partial charge in [0, 0.05) is 5.69 Å². The number of hydrogen-bond acceptors (Lipinski definition) is 2. The molecule has 2 rings (SSSR count). The molecule has 0 aliphatic rings. The highest BCUT2D eigenvalue weighted by molar-refractivity contribution is 5.94. The molecule has 2 aromatic carbocycles. The first-order chi connectivity index (χ1) is 11.0. The van der Waals surface area contributed by atoms with Gasteiger partial charge < -0.3 is 10.1 Å². The topological polar surface area (TPSA) is 38.3 Å². The van der Waals surface area contributed by atoms with Crippen molar-refractivity contribution in [2.24, 2.45) is 0 Å². The number of amides is 1.